The molecule has 3 nitrogen and oxygen atoms in total. The summed E-state index contributed by atoms with van der Waals surface area (Å²) >= 11 is 7.48. The van der Waals surface area contributed by atoms with Crippen LogP contribution in [0.2, 0.25) is 4.34 Å². The maximum atomic E-state index is 5.90. The van der Waals surface area contributed by atoms with Crippen LogP contribution < -0.4 is 5.32 Å². The van der Waals surface area contributed by atoms with Gasteiger partial charge in [-0.3, -0.25) is 0 Å². The highest BCUT2D eigenvalue weighted by molar-refractivity contribution is 7.16. The summed E-state index contributed by atoms with van der Waals surface area (Å²) in [6.07, 6.45) is 1.75. The topological polar surface area (TPSA) is 37.8 Å². The number of aromatic nitrogens is 2. The van der Waals surface area contributed by atoms with E-state index in [1.165, 1.54) is 4.88 Å². The van der Waals surface area contributed by atoms with Gasteiger partial charge in [0.2, 0.25) is 0 Å². The molecule has 0 saturated heterocycles. The summed E-state index contributed by atoms with van der Waals surface area (Å²) in [4.78, 5) is 9.54. The van der Waals surface area contributed by atoms with Crippen molar-refractivity contribution < 1.29 is 0 Å². The first-order valence-corrected chi connectivity index (χ1v) is 6.16. The van der Waals surface area contributed by atoms with Gasteiger partial charge in [0, 0.05) is 11.1 Å². The number of hydrogen-bond donors (Lipinski definition) is 1. The number of halogens is 1. The van der Waals surface area contributed by atoms with Gasteiger partial charge < -0.3 is 5.32 Å². The fourth-order valence-corrected chi connectivity index (χ4v) is 2.45. The lowest BCUT2D eigenvalue weighted by atomic mass is 10.3. The maximum absolute atomic E-state index is 5.90. The number of rotatable bonds is 3. The van der Waals surface area contributed by atoms with E-state index >= 15 is 0 Å². The molecular weight excluding hydrogens is 242 g/mol. The van der Waals surface area contributed by atoms with Gasteiger partial charge in [-0.05, 0) is 32.0 Å². The molecule has 0 radical (unpaired) electrons. The monoisotopic (exact) mass is 253 g/mol. The van der Waals surface area contributed by atoms with Crippen molar-refractivity contribution in [1.82, 2.24) is 9.97 Å². The summed E-state index contributed by atoms with van der Waals surface area (Å²) in [5, 5.41) is 3.31. The van der Waals surface area contributed by atoms with Crippen LogP contribution in [-0.2, 0) is 0 Å². The van der Waals surface area contributed by atoms with Gasteiger partial charge >= 0.3 is 0 Å². The molecule has 1 unspecified atom stereocenters. The lowest BCUT2D eigenvalue weighted by Crippen LogP contribution is -2.07. The molecule has 0 aliphatic rings. The zero-order chi connectivity index (χ0) is 11.5. The molecule has 1 N–H and O–H groups in total. The smallest absolute Gasteiger partial charge is 0.130 e. The van der Waals surface area contributed by atoms with Crippen molar-refractivity contribution in [2.45, 2.75) is 19.9 Å². The van der Waals surface area contributed by atoms with Crippen molar-refractivity contribution in [2.24, 2.45) is 0 Å². The second-order valence-electron chi connectivity index (χ2n) is 3.50. The Balaban J connectivity index is 2.10. The first-order chi connectivity index (χ1) is 7.65. The minimum atomic E-state index is 0.201. The number of hydrogen-bond acceptors (Lipinski definition) is 4. The molecule has 0 bridgehead atoms. The van der Waals surface area contributed by atoms with Crippen molar-refractivity contribution in [2.75, 3.05) is 5.32 Å². The fourth-order valence-electron chi connectivity index (χ4n) is 1.39. The third-order valence-corrected chi connectivity index (χ3v) is 3.58. The summed E-state index contributed by atoms with van der Waals surface area (Å²) in [7, 11) is 0. The van der Waals surface area contributed by atoms with Gasteiger partial charge in [0.25, 0.3) is 0 Å². The molecule has 1 atom stereocenters. The van der Waals surface area contributed by atoms with Gasteiger partial charge in [0.15, 0.2) is 0 Å². The summed E-state index contributed by atoms with van der Waals surface area (Å²) in [6.45, 7) is 3.96. The van der Waals surface area contributed by atoms with E-state index in [0.717, 1.165) is 16.0 Å². The highest BCUT2D eigenvalue weighted by Crippen LogP contribution is 2.28. The first kappa shape index (κ1) is 11.4. The molecule has 0 amide bonds. The highest BCUT2D eigenvalue weighted by atomic mass is 35.5. The normalized spacial score (nSPS) is 12.4. The number of aryl methyl sites for hydroxylation is 1. The molecule has 0 aliphatic heterocycles. The van der Waals surface area contributed by atoms with Gasteiger partial charge in [-0.25, -0.2) is 9.97 Å². The van der Waals surface area contributed by atoms with E-state index in [2.05, 4.69) is 22.2 Å². The highest BCUT2D eigenvalue weighted by Gasteiger charge is 2.08. The van der Waals surface area contributed by atoms with E-state index in [4.69, 9.17) is 11.6 Å². The molecule has 2 rings (SSSR count). The standard InChI is InChI=1S/C11H12ClN3S/c1-7(9-3-4-10(12)16-9)14-11-5-6-13-8(2)15-11/h3-7H,1-2H3,(H,13,14,15). The Morgan fingerprint density at radius 1 is 1.38 bits per heavy atom. The molecule has 2 aromatic rings. The molecule has 0 fully saturated rings. The second-order valence-corrected chi connectivity index (χ2v) is 5.24. The van der Waals surface area contributed by atoms with Crippen LogP contribution in [0.3, 0.4) is 0 Å². The average Bonchev–Trinajstić information content (AvgIpc) is 2.65. The van der Waals surface area contributed by atoms with Crippen LogP contribution >= 0.6 is 22.9 Å². The van der Waals surface area contributed by atoms with Crippen molar-refractivity contribution in [3.8, 4) is 0 Å². The van der Waals surface area contributed by atoms with Crippen molar-refractivity contribution in [3.05, 3.63) is 39.4 Å². The van der Waals surface area contributed by atoms with E-state index in [1.54, 1.807) is 17.5 Å². The maximum Gasteiger partial charge on any atom is 0.130 e. The van der Waals surface area contributed by atoms with Gasteiger partial charge in [-0.15, -0.1) is 11.3 Å². The van der Waals surface area contributed by atoms with E-state index in [0.29, 0.717) is 0 Å². The summed E-state index contributed by atoms with van der Waals surface area (Å²) < 4.78 is 0.808. The zero-order valence-electron chi connectivity index (χ0n) is 9.07. The minimum Gasteiger partial charge on any atom is -0.363 e. The Labute approximate surface area is 104 Å². The lowest BCUT2D eigenvalue weighted by Gasteiger charge is -2.12. The third kappa shape index (κ3) is 2.71. The van der Waals surface area contributed by atoms with E-state index in [9.17, 15) is 0 Å². The molecule has 0 aromatic carbocycles. The van der Waals surface area contributed by atoms with Gasteiger partial charge in [-0.1, -0.05) is 11.6 Å². The molecule has 16 heavy (non-hydrogen) atoms. The van der Waals surface area contributed by atoms with Gasteiger partial charge in [-0.2, -0.15) is 0 Å². The lowest BCUT2D eigenvalue weighted by molar-refractivity contribution is 0.887. The van der Waals surface area contributed by atoms with Crippen molar-refractivity contribution >= 4 is 28.8 Å². The van der Waals surface area contributed by atoms with Crippen molar-refractivity contribution in [3.63, 3.8) is 0 Å². The van der Waals surface area contributed by atoms with E-state index in [-0.39, 0.29) is 6.04 Å². The fraction of sp³-hybridized carbons (Fsp3) is 0.273. The Kier molecular flexibility index (Phi) is 3.41. The molecule has 2 heterocycles. The Morgan fingerprint density at radius 3 is 2.81 bits per heavy atom. The van der Waals surface area contributed by atoms with Crippen molar-refractivity contribution in [1.29, 1.82) is 0 Å². The van der Waals surface area contributed by atoms with Gasteiger partial charge in [0.1, 0.15) is 11.6 Å². The van der Waals surface area contributed by atoms with Crippen LogP contribution in [0.5, 0.6) is 0 Å². The SMILES string of the molecule is Cc1nccc(NC(C)c2ccc(Cl)s2)n1. The Bertz CT molecular complexity index is 484. The Hall–Kier alpha value is -1.13. The molecule has 84 valence electrons. The van der Waals surface area contributed by atoms with Crippen LogP contribution in [-0.4, -0.2) is 9.97 Å². The Morgan fingerprint density at radius 2 is 2.19 bits per heavy atom. The third-order valence-electron chi connectivity index (χ3n) is 2.16. The number of nitrogens with one attached hydrogen (secondary N) is 1. The largest absolute Gasteiger partial charge is 0.363 e. The van der Waals surface area contributed by atoms with E-state index < -0.39 is 0 Å². The van der Waals surface area contributed by atoms with Crippen LogP contribution in [0, 0.1) is 6.92 Å². The molecule has 0 spiro atoms. The zero-order valence-corrected chi connectivity index (χ0v) is 10.6. The van der Waals surface area contributed by atoms with E-state index in [1.807, 2.05) is 25.1 Å². The van der Waals surface area contributed by atoms with Crippen LogP contribution in [0.4, 0.5) is 5.82 Å². The van der Waals surface area contributed by atoms with Gasteiger partial charge in [0.05, 0.1) is 10.4 Å². The predicted octanol–water partition coefficient (Wildman–Crippen LogP) is 3.67. The minimum absolute atomic E-state index is 0.201. The summed E-state index contributed by atoms with van der Waals surface area (Å²) in [6, 6.07) is 5.99. The number of thiophene rings is 1. The van der Waals surface area contributed by atoms with Crippen LogP contribution in [0.25, 0.3) is 0 Å². The molecular formula is C11H12ClN3S. The predicted molar refractivity (Wildman–Crippen MR) is 68.1 cm³/mol. The summed E-state index contributed by atoms with van der Waals surface area (Å²) in [5.74, 6) is 1.60. The molecule has 5 heteroatoms. The van der Waals surface area contributed by atoms with Crippen LogP contribution in [0.15, 0.2) is 24.4 Å². The number of nitrogens with zero attached hydrogens (tertiary/aromatic N) is 2. The summed E-state index contributed by atoms with van der Waals surface area (Å²) in [5.41, 5.74) is 0. The molecule has 0 saturated carbocycles. The first-order valence-electron chi connectivity index (χ1n) is 4.96. The molecule has 0 aliphatic carbocycles. The number of anilines is 1. The second kappa shape index (κ2) is 4.80. The quantitative estimate of drug-likeness (QED) is 0.907. The van der Waals surface area contributed by atoms with Crippen LogP contribution in [0.1, 0.15) is 23.7 Å². The average molecular weight is 254 g/mol. The molecule has 2 aromatic heterocycles.